The third-order valence-electron chi connectivity index (χ3n) is 5.61. The molecule has 0 bridgehead atoms. The molecule has 1 fully saturated rings. The van der Waals surface area contributed by atoms with Gasteiger partial charge in [0.1, 0.15) is 0 Å². The van der Waals surface area contributed by atoms with Crippen molar-refractivity contribution in [1.29, 1.82) is 0 Å². The maximum Gasteiger partial charge on any atom is 0.255 e. The number of nitrogens with zero attached hydrogens (tertiary/aromatic N) is 1. The fraction of sp³-hybridized carbons (Fsp3) is 0.391. The van der Waals surface area contributed by atoms with Crippen molar-refractivity contribution in [2.75, 3.05) is 11.9 Å². The van der Waals surface area contributed by atoms with E-state index in [0.29, 0.717) is 17.2 Å². The summed E-state index contributed by atoms with van der Waals surface area (Å²) < 4.78 is 0. The van der Waals surface area contributed by atoms with Gasteiger partial charge in [-0.15, -0.1) is 0 Å². The van der Waals surface area contributed by atoms with Gasteiger partial charge in [0, 0.05) is 29.4 Å². The predicted molar refractivity (Wildman–Crippen MR) is 109 cm³/mol. The fourth-order valence-corrected chi connectivity index (χ4v) is 3.70. The van der Waals surface area contributed by atoms with E-state index in [1.807, 2.05) is 36.9 Å². The van der Waals surface area contributed by atoms with Gasteiger partial charge in [0.15, 0.2) is 0 Å². The lowest BCUT2D eigenvalue weighted by molar-refractivity contribution is 0.0607. The summed E-state index contributed by atoms with van der Waals surface area (Å²) in [5.41, 5.74) is 4.23. The zero-order valence-corrected chi connectivity index (χ0v) is 16.4. The number of rotatable bonds is 4. The van der Waals surface area contributed by atoms with Crippen LogP contribution in [0.4, 0.5) is 5.69 Å². The predicted octanol–water partition coefficient (Wildman–Crippen LogP) is 4.96. The molecule has 1 N–H and O–H groups in total. The van der Waals surface area contributed by atoms with Crippen molar-refractivity contribution in [3.05, 3.63) is 64.7 Å². The van der Waals surface area contributed by atoms with E-state index in [1.54, 1.807) is 24.3 Å². The zero-order valence-electron chi connectivity index (χ0n) is 16.4. The smallest absolute Gasteiger partial charge is 0.255 e. The van der Waals surface area contributed by atoms with Crippen LogP contribution in [0.1, 0.15) is 64.4 Å². The summed E-state index contributed by atoms with van der Waals surface area (Å²) in [5, 5.41) is 2.96. The van der Waals surface area contributed by atoms with Crippen LogP contribution in [0.25, 0.3) is 0 Å². The second-order valence-corrected chi connectivity index (χ2v) is 7.34. The van der Waals surface area contributed by atoms with Crippen LogP contribution in [0.2, 0.25) is 0 Å². The fourth-order valence-electron chi connectivity index (χ4n) is 3.70. The van der Waals surface area contributed by atoms with Crippen LogP contribution < -0.4 is 5.32 Å². The summed E-state index contributed by atoms with van der Waals surface area (Å²) in [6, 6.07) is 13.2. The molecule has 1 aliphatic rings. The Bertz CT molecular complexity index is 827. The number of hydrogen-bond donors (Lipinski definition) is 1. The standard InChI is InChI=1S/C23H28N2O2/c1-4-20-9-5-6-15-25(20)23(27)19-13-11-18(12-14-19)22(26)24-21-10-7-8-16(2)17(21)3/h7-8,10-14,20H,4-6,9,15H2,1-3H3,(H,24,26). The molecule has 1 unspecified atom stereocenters. The highest BCUT2D eigenvalue weighted by molar-refractivity contribution is 6.05. The molecule has 0 radical (unpaired) electrons. The third kappa shape index (κ3) is 4.21. The van der Waals surface area contributed by atoms with Crippen LogP contribution in [-0.4, -0.2) is 29.3 Å². The first-order chi connectivity index (χ1) is 13.0. The van der Waals surface area contributed by atoms with Crippen molar-refractivity contribution in [2.24, 2.45) is 0 Å². The van der Waals surface area contributed by atoms with Crippen molar-refractivity contribution in [1.82, 2.24) is 4.90 Å². The molecule has 0 aromatic heterocycles. The molecule has 2 aromatic carbocycles. The summed E-state index contributed by atoms with van der Waals surface area (Å²) in [7, 11) is 0. The van der Waals surface area contributed by atoms with Crippen LogP contribution >= 0.6 is 0 Å². The first-order valence-corrected chi connectivity index (χ1v) is 9.80. The quantitative estimate of drug-likeness (QED) is 0.833. The van der Waals surface area contributed by atoms with Gasteiger partial charge in [-0.1, -0.05) is 19.1 Å². The van der Waals surface area contributed by atoms with Crippen molar-refractivity contribution in [3.8, 4) is 0 Å². The Morgan fingerprint density at radius 3 is 2.44 bits per heavy atom. The zero-order chi connectivity index (χ0) is 19.4. The highest BCUT2D eigenvalue weighted by atomic mass is 16.2. The van der Waals surface area contributed by atoms with Crippen molar-refractivity contribution >= 4 is 17.5 Å². The Balaban J connectivity index is 1.72. The minimum Gasteiger partial charge on any atom is -0.336 e. The number of aryl methyl sites for hydroxylation is 1. The minimum atomic E-state index is -0.160. The Morgan fingerprint density at radius 2 is 1.74 bits per heavy atom. The summed E-state index contributed by atoms with van der Waals surface area (Å²) >= 11 is 0. The Labute approximate surface area is 161 Å². The lowest BCUT2D eigenvalue weighted by atomic mass is 9.98. The van der Waals surface area contributed by atoms with Crippen LogP contribution in [0, 0.1) is 13.8 Å². The number of carbonyl (C=O) groups excluding carboxylic acids is 2. The lowest BCUT2D eigenvalue weighted by Gasteiger charge is -2.35. The number of hydrogen-bond acceptors (Lipinski definition) is 2. The molecule has 3 rings (SSSR count). The molecular formula is C23H28N2O2. The number of benzene rings is 2. The number of nitrogens with one attached hydrogen (secondary N) is 1. The van der Waals surface area contributed by atoms with Gasteiger partial charge in [-0.2, -0.15) is 0 Å². The number of piperidine rings is 1. The summed E-state index contributed by atoms with van der Waals surface area (Å²) in [6.45, 7) is 6.98. The number of anilines is 1. The van der Waals surface area contributed by atoms with Crippen LogP contribution in [0.3, 0.4) is 0 Å². The minimum absolute atomic E-state index is 0.0723. The topological polar surface area (TPSA) is 49.4 Å². The summed E-state index contributed by atoms with van der Waals surface area (Å²) in [4.78, 5) is 27.4. The number of amides is 2. The highest BCUT2D eigenvalue weighted by Crippen LogP contribution is 2.22. The van der Waals surface area contributed by atoms with E-state index < -0.39 is 0 Å². The first-order valence-electron chi connectivity index (χ1n) is 9.80. The molecule has 0 saturated carbocycles. The van der Waals surface area contributed by atoms with Gasteiger partial charge >= 0.3 is 0 Å². The molecule has 142 valence electrons. The SMILES string of the molecule is CCC1CCCCN1C(=O)c1ccc(C(=O)Nc2cccc(C)c2C)cc1. The van der Waals surface area contributed by atoms with Gasteiger partial charge in [-0.05, 0) is 81.0 Å². The normalized spacial score (nSPS) is 16.9. The molecule has 27 heavy (non-hydrogen) atoms. The second-order valence-electron chi connectivity index (χ2n) is 7.34. The van der Waals surface area contributed by atoms with E-state index in [2.05, 4.69) is 12.2 Å². The Kier molecular flexibility index (Phi) is 5.94. The Hall–Kier alpha value is -2.62. The lowest BCUT2D eigenvalue weighted by Crippen LogP contribution is -2.43. The van der Waals surface area contributed by atoms with E-state index in [1.165, 1.54) is 6.42 Å². The van der Waals surface area contributed by atoms with Crippen LogP contribution in [0.15, 0.2) is 42.5 Å². The van der Waals surface area contributed by atoms with Crippen molar-refractivity contribution in [3.63, 3.8) is 0 Å². The molecule has 1 saturated heterocycles. The molecule has 2 aromatic rings. The molecule has 1 heterocycles. The largest absolute Gasteiger partial charge is 0.336 e. The molecule has 0 spiro atoms. The van der Waals surface area contributed by atoms with E-state index >= 15 is 0 Å². The summed E-state index contributed by atoms with van der Waals surface area (Å²) in [6.07, 6.45) is 4.33. The van der Waals surface area contributed by atoms with E-state index in [-0.39, 0.29) is 11.8 Å². The van der Waals surface area contributed by atoms with E-state index in [9.17, 15) is 9.59 Å². The Morgan fingerprint density at radius 1 is 1.04 bits per heavy atom. The van der Waals surface area contributed by atoms with Gasteiger partial charge in [0.05, 0.1) is 0 Å². The summed E-state index contributed by atoms with van der Waals surface area (Å²) in [5.74, 6) is -0.0878. The average Bonchev–Trinajstić information content (AvgIpc) is 2.71. The number of carbonyl (C=O) groups is 2. The first kappa shape index (κ1) is 19.2. The molecule has 4 nitrogen and oxygen atoms in total. The number of likely N-dealkylation sites (tertiary alicyclic amines) is 1. The van der Waals surface area contributed by atoms with Gasteiger partial charge < -0.3 is 10.2 Å². The van der Waals surface area contributed by atoms with Gasteiger partial charge in [0.25, 0.3) is 11.8 Å². The van der Waals surface area contributed by atoms with E-state index in [4.69, 9.17) is 0 Å². The third-order valence-corrected chi connectivity index (χ3v) is 5.61. The maximum atomic E-state index is 12.8. The van der Waals surface area contributed by atoms with Crippen molar-refractivity contribution < 1.29 is 9.59 Å². The molecule has 1 atom stereocenters. The van der Waals surface area contributed by atoms with E-state index in [0.717, 1.165) is 42.6 Å². The maximum absolute atomic E-state index is 12.8. The molecule has 2 amide bonds. The molecule has 0 aliphatic carbocycles. The second kappa shape index (κ2) is 8.38. The molecule has 1 aliphatic heterocycles. The van der Waals surface area contributed by atoms with Crippen LogP contribution in [0.5, 0.6) is 0 Å². The van der Waals surface area contributed by atoms with Gasteiger partial charge in [-0.25, -0.2) is 0 Å². The van der Waals surface area contributed by atoms with Gasteiger partial charge in [-0.3, -0.25) is 9.59 Å². The molecule has 4 heteroatoms. The highest BCUT2D eigenvalue weighted by Gasteiger charge is 2.26. The van der Waals surface area contributed by atoms with Crippen LogP contribution in [-0.2, 0) is 0 Å². The van der Waals surface area contributed by atoms with Crippen molar-refractivity contribution in [2.45, 2.75) is 52.5 Å². The van der Waals surface area contributed by atoms with Gasteiger partial charge in [0.2, 0.25) is 0 Å². The average molecular weight is 364 g/mol. The molecular weight excluding hydrogens is 336 g/mol. The monoisotopic (exact) mass is 364 g/mol.